The number of ether oxygens (including phenoxy) is 1. The van der Waals surface area contributed by atoms with Gasteiger partial charge < -0.3 is 10.1 Å². The molecule has 0 spiro atoms. The number of benzene rings is 1. The van der Waals surface area contributed by atoms with E-state index in [1.165, 1.54) is 12.8 Å². The molecule has 0 atom stereocenters. The van der Waals surface area contributed by atoms with Crippen LogP contribution in [0.5, 0.6) is 0 Å². The Morgan fingerprint density at radius 3 is 2.95 bits per heavy atom. The zero-order valence-electron chi connectivity index (χ0n) is 10.6. The maximum atomic E-state index is 11.7. The molecule has 1 aromatic carbocycles. The van der Waals surface area contributed by atoms with E-state index in [0.29, 0.717) is 18.3 Å². The molecule has 4 nitrogen and oxygen atoms in total. The number of nitrogens with one attached hydrogen (secondary N) is 1. The molecule has 0 aliphatic heterocycles. The lowest BCUT2D eigenvalue weighted by atomic mass is 10.2. The van der Waals surface area contributed by atoms with Crippen molar-refractivity contribution in [2.24, 2.45) is 5.92 Å². The summed E-state index contributed by atoms with van der Waals surface area (Å²) in [5.74, 6) is 1.09. The number of hydrogen-bond acceptors (Lipinski definition) is 3. The molecule has 1 fully saturated rings. The molecule has 1 aliphatic rings. The van der Waals surface area contributed by atoms with Crippen LogP contribution in [0.3, 0.4) is 0 Å². The molecule has 1 saturated carbocycles. The van der Waals surface area contributed by atoms with Crippen LogP contribution < -0.4 is 5.32 Å². The minimum atomic E-state index is -0.150. The molecule has 19 heavy (non-hydrogen) atoms. The Kier molecular flexibility index (Phi) is 3.42. The van der Waals surface area contributed by atoms with Crippen molar-refractivity contribution in [3.63, 3.8) is 0 Å². The Hall–Kier alpha value is -1.94. The highest BCUT2D eigenvalue weighted by atomic mass is 16.5. The van der Waals surface area contributed by atoms with Crippen molar-refractivity contribution in [1.29, 1.82) is 0 Å². The van der Waals surface area contributed by atoms with E-state index in [4.69, 9.17) is 4.74 Å². The van der Waals surface area contributed by atoms with Crippen LogP contribution >= 0.6 is 0 Å². The van der Waals surface area contributed by atoms with Gasteiger partial charge in [0, 0.05) is 5.39 Å². The van der Waals surface area contributed by atoms with Crippen molar-refractivity contribution < 1.29 is 9.53 Å². The standard InChI is InChI=1S/C15H16N2O2/c18-15(10-19-9-11-5-6-11)17-14-8-7-12-3-1-2-4-13(12)16-14/h1-4,7-8,11H,5-6,9-10H2,(H,16,17,18). The van der Waals surface area contributed by atoms with Gasteiger partial charge in [0.1, 0.15) is 12.4 Å². The van der Waals surface area contributed by atoms with E-state index in [2.05, 4.69) is 10.3 Å². The van der Waals surface area contributed by atoms with Crippen LogP contribution in [0.15, 0.2) is 36.4 Å². The van der Waals surface area contributed by atoms with Gasteiger partial charge in [0.2, 0.25) is 0 Å². The van der Waals surface area contributed by atoms with Crippen LogP contribution in [-0.4, -0.2) is 24.1 Å². The van der Waals surface area contributed by atoms with Gasteiger partial charge in [-0.25, -0.2) is 4.98 Å². The van der Waals surface area contributed by atoms with Crippen molar-refractivity contribution >= 4 is 22.6 Å². The van der Waals surface area contributed by atoms with Gasteiger partial charge in [-0.3, -0.25) is 4.79 Å². The minimum absolute atomic E-state index is 0.102. The van der Waals surface area contributed by atoms with Gasteiger partial charge >= 0.3 is 0 Å². The van der Waals surface area contributed by atoms with Crippen LogP contribution in [0.1, 0.15) is 12.8 Å². The average Bonchev–Trinajstić information content (AvgIpc) is 3.23. The molecule has 0 radical (unpaired) electrons. The maximum absolute atomic E-state index is 11.7. The number of amides is 1. The van der Waals surface area contributed by atoms with E-state index >= 15 is 0 Å². The summed E-state index contributed by atoms with van der Waals surface area (Å²) in [6.45, 7) is 0.795. The third-order valence-electron chi connectivity index (χ3n) is 3.15. The third-order valence-corrected chi connectivity index (χ3v) is 3.15. The second kappa shape index (κ2) is 5.36. The zero-order valence-corrected chi connectivity index (χ0v) is 10.6. The molecule has 98 valence electrons. The first kappa shape index (κ1) is 12.1. The molecule has 1 aliphatic carbocycles. The lowest BCUT2D eigenvalue weighted by Crippen LogP contribution is -2.19. The summed E-state index contributed by atoms with van der Waals surface area (Å²) in [6.07, 6.45) is 2.46. The number of fused-ring (bicyclic) bond motifs is 1. The van der Waals surface area contributed by atoms with Crippen molar-refractivity contribution in [3.05, 3.63) is 36.4 Å². The topological polar surface area (TPSA) is 51.2 Å². The van der Waals surface area contributed by atoms with Crippen molar-refractivity contribution in [2.45, 2.75) is 12.8 Å². The summed E-state index contributed by atoms with van der Waals surface area (Å²) < 4.78 is 5.34. The lowest BCUT2D eigenvalue weighted by Gasteiger charge is -2.06. The van der Waals surface area contributed by atoms with E-state index in [9.17, 15) is 4.79 Å². The lowest BCUT2D eigenvalue weighted by molar-refractivity contribution is -0.120. The monoisotopic (exact) mass is 256 g/mol. The van der Waals surface area contributed by atoms with Gasteiger partial charge in [-0.2, -0.15) is 0 Å². The summed E-state index contributed by atoms with van der Waals surface area (Å²) in [6, 6.07) is 11.6. The summed E-state index contributed by atoms with van der Waals surface area (Å²) >= 11 is 0. The Bertz CT molecular complexity index is 593. The quantitative estimate of drug-likeness (QED) is 0.894. The number of carbonyl (C=O) groups excluding carboxylic acids is 1. The molecule has 1 aromatic heterocycles. The Morgan fingerprint density at radius 2 is 2.11 bits per heavy atom. The second-order valence-corrected chi connectivity index (χ2v) is 4.90. The number of aromatic nitrogens is 1. The van der Waals surface area contributed by atoms with Crippen LogP contribution in [0, 0.1) is 5.92 Å². The zero-order chi connectivity index (χ0) is 13.1. The molecule has 4 heteroatoms. The van der Waals surface area contributed by atoms with Crippen LogP contribution in [0.2, 0.25) is 0 Å². The van der Waals surface area contributed by atoms with Gasteiger partial charge in [-0.15, -0.1) is 0 Å². The fraction of sp³-hybridized carbons (Fsp3) is 0.333. The number of anilines is 1. The first-order valence-electron chi connectivity index (χ1n) is 6.55. The van der Waals surface area contributed by atoms with E-state index in [1.54, 1.807) is 6.07 Å². The summed E-state index contributed by atoms with van der Waals surface area (Å²) in [7, 11) is 0. The Balaban J connectivity index is 1.58. The minimum Gasteiger partial charge on any atom is -0.371 e. The van der Waals surface area contributed by atoms with Crippen LogP contribution in [0.25, 0.3) is 10.9 Å². The molecule has 3 rings (SSSR count). The molecule has 0 saturated heterocycles. The number of pyridine rings is 1. The largest absolute Gasteiger partial charge is 0.371 e. The Morgan fingerprint density at radius 1 is 1.26 bits per heavy atom. The maximum Gasteiger partial charge on any atom is 0.251 e. The molecule has 0 bridgehead atoms. The molecule has 1 heterocycles. The number of nitrogens with zero attached hydrogens (tertiary/aromatic N) is 1. The molecular formula is C15H16N2O2. The van der Waals surface area contributed by atoms with Gasteiger partial charge in [-0.1, -0.05) is 18.2 Å². The van der Waals surface area contributed by atoms with Crippen LogP contribution in [0.4, 0.5) is 5.82 Å². The smallest absolute Gasteiger partial charge is 0.251 e. The highest BCUT2D eigenvalue weighted by molar-refractivity contribution is 5.92. The van der Waals surface area contributed by atoms with E-state index in [1.807, 2.05) is 30.3 Å². The fourth-order valence-electron chi connectivity index (χ4n) is 1.92. The van der Waals surface area contributed by atoms with E-state index in [0.717, 1.165) is 10.9 Å². The first-order valence-corrected chi connectivity index (χ1v) is 6.55. The van der Waals surface area contributed by atoms with E-state index in [-0.39, 0.29) is 12.5 Å². The molecule has 0 unspecified atom stereocenters. The predicted octanol–water partition coefficient (Wildman–Crippen LogP) is 2.60. The van der Waals surface area contributed by atoms with Crippen molar-refractivity contribution in [1.82, 2.24) is 4.98 Å². The van der Waals surface area contributed by atoms with Gasteiger partial charge in [0.15, 0.2) is 0 Å². The number of carbonyl (C=O) groups is 1. The SMILES string of the molecule is O=C(COCC1CC1)Nc1ccc2ccccc2n1. The number of hydrogen-bond donors (Lipinski definition) is 1. The summed E-state index contributed by atoms with van der Waals surface area (Å²) in [4.78, 5) is 16.1. The first-order chi connectivity index (χ1) is 9.31. The molecule has 1 N–H and O–H groups in total. The normalized spacial score (nSPS) is 14.5. The van der Waals surface area contributed by atoms with Gasteiger partial charge in [0.05, 0.1) is 12.1 Å². The van der Waals surface area contributed by atoms with Crippen molar-refractivity contribution in [3.8, 4) is 0 Å². The molecule has 2 aromatic rings. The highest BCUT2D eigenvalue weighted by Gasteiger charge is 2.21. The number of rotatable bonds is 5. The predicted molar refractivity (Wildman–Crippen MR) is 73.9 cm³/mol. The third kappa shape index (κ3) is 3.29. The van der Waals surface area contributed by atoms with Crippen LogP contribution in [-0.2, 0) is 9.53 Å². The molecule has 1 amide bonds. The summed E-state index contributed by atoms with van der Waals surface area (Å²) in [5, 5.41) is 3.81. The second-order valence-electron chi connectivity index (χ2n) is 4.90. The highest BCUT2D eigenvalue weighted by Crippen LogP contribution is 2.28. The number of para-hydroxylation sites is 1. The van der Waals surface area contributed by atoms with Gasteiger partial charge in [0.25, 0.3) is 5.91 Å². The van der Waals surface area contributed by atoms with Gasteiger partial charge in [-0.05, 0) is 37.0 Å². The average molecular weight is 256 g/mol. The Labute approximate surface area is 111 Å². The van der Waals surface area contributed by atoms with Crippen molar-refractivity contribution in [2.75, 3.05) is 18.5 Å². The fourth-order valence-corrected chi connectivity index (χ4v) is 1.92. The summed E-state index contributed by atoms with van der Waals surface area (Å²) in [5.41, 5.74) is 0.874. The molecular weight excluding hydrogens is 240 g/mol. The van der Waals surface area contributed by atoms with E-state index < -0.39 is 0 Å².